The average molecular weight is 495 g/mol. The molecular weight excluding hydrogens is 460 g/mol. The quantitative estimate of drug-likeness (QED) is 0.354. The molecule has 8 heteroatoms. The van der Waals surface area contributed by atoms with E-state index in [4.69, 9.17) is 13.9 Å². The fourth-order valence-electron chi connectivity index (χ4n) is 3.83. The fourth-order valence-corrected chi connectivity index (χ4v) is 3.83. The van der Waals surface area contributed by atoms with E-state index in [0.717, 1.165) is 12.1 Å². The van der Waals surface area contributed by atoms with E-state index in [2.05, 4.69) is 5.32 Å². The highest BCUT2D eigenvalue weighted by Crippen LogP contribution is 2.30. The monoisotopic (exact) mass is 494 g/mol. The maximum Gasteiger partial charge on any atom is 0.287 e. The Bertz CT molecular complexity index is 1330. The van der Waals surface area contributed by atoms with Gasteiger partial charge in [0.15, 0.2) is 11.5 Å². The SMILES string of the molecule is COc1ccc(C(=O)c2c(C(=O)NCCCN(C)C)oc3ccc(C(C)(C)C)cc3c2=O)cc1OC. The van der Waals surface area contributed by atoms with Gasteiger partial charge in [0.25, 0.3) is 5.91 Å². The van der Waals surface area contributed by atoms with Crippen molar-refractivity contribution in [2.45, 2.75) is 32.6 Å². The molecule has 3 aromatic rings. The van der Waals surface area contributed by atoms with Gasteiger partial charge in [0, 0.05) is 12.1 Å². The highest BCUT2D eigenvalue weighted by molar-refractivity contribution is 6.15. The van der Waals surface area contributed by atoms with Crippen LogP contribution in [0.15, 0.2) is 45.6 Å². The Morgan fingerprint density at radius 3 is 2.31 bits per heavy atom. The molecule has 1 N–H and O–H groups in total. The summed E-state index contributed by atoms with van der Waals surface area (Å²) < 4.78 is 16.5. The molecule has 0 atom stereocenters. The maximum absolute atomic E-state index is 13.7. The van der Waals surface area contributed by atoms with Crippen molar-refractivity contribution in [1.82, 2.24) is 10.2 Å². The van der Waals surface area contributed by atoms with Crippen LogP contribution in [0.2, 0.25) is 0 Å². The second-order valence-corrected chi connectivity index (χ2v) is 9.91. The van der Waals surface area contributed by atoms with Crippen molar-refractivity contribution in [1.29, 1.82) is 0 Å². The van der Waals surface area contributed by atoms with E-state index >= 15 is 0 Å². The Labute approximate surface area is 211 Å². The summed E-state index contributed by atoms with van der Waals surface area (Å²) in [5.74, 6) is -0.783. The van der Waals surface area contributed by atoms with E-state index in [9.17, 15) is 14.4 Å². The minimum absolute atomic E-state index is 0.174. The maximum atomic E-state index is 13.7. The van der Waals surface area contributed by atoms with Gasteiger partial charge in [0.1, 0.15) is 11.1 Å². The van der Waals surface area contributed by atoms with Gasteiger partial charge in [-0.25, -0.2) is 0 Å². The lowest BCUT2D eigenvalue weighted by Crippen LogP contribution is -2.31. The van der Waals surface area contributed by atoms with Crippen molar-refractivity contribution < 1.29 is 23.5 Å². The number of benzene rings is 2. The highest BCUT2D eigenvalue weighted by Gasteiger charge is 2.28. The molecular formula is C28H34N2O6. The number of ether oxygens (including phenoxy) is 2. The summed E-state index contributed by atoms with van der Waals surface area (Å²) in [5.41, 5.74) is 0.235. The van der Waals surface area contributed by atoms with E-state index in [1.54, 1.807) is 18.2 Å². The van der Waals surface area contributed by atoms with Crippen LogP contribution in [0.3, 0.4) is 0 Å². The van der Waals surface area contributed by atoms with Gasteiger partial charge in [0.05, 0.1) is 19.6 Å². The highest BCUT2D eigenvalue weighted by atomic mass is 16.5. The van der Waals surface area contributed by atoms with Crippen molar-refractivity contribution in [2.24, 2.45) is 0 Å². The number of rotatable bonds is 9. The molecule has 1 aromatic heterocycles. The van der Waals surface area contributed by atoms with E-state index in [0.29, 0.717) is 24.5 Å². The van der Waals surface area contributed by atoms with Crippen molar-refractivity contribution in [3.8, 4) is 11.5 Å². The lowest BCUT2D eigenvalue weighted by Gasteiger charge is -2.19. The summed E-state index contributed by atoms with van der Waals surface area (Å²) in [6.45, 7) is 7.23. The minimum Gasteiger partial charge on any atom is -0.493 e. The molecule has 0 saturated heterocycles. The van der Waals surface area contributed by atoms with Crippen LogP contribution in [-0.2, 0) is 5.41 Å². The zero-order valence-corrected chi connectivity index (χ0v) is 22.0. The third kappa shape index (κ3) is 5.76. The Balaban J connectivity index is 2.17. The number of ketones is 1. The Kier molecular flexibility index (Phi) is 8.20. The molecule has 2 aromatic carbocycles. The summed E-state index contributed by atoms with van der Waals surface area (Å²) in [6.07, 6.45) is 0.699. The molecule has 0 bridgehead atoms. The molecule has 0 saturated carbocycles. The number of amides is 1. The standard InChI is InChI=1S/C28H34N2O6/c1-28(2,3)18-10-12-20-19(16-18)25(32)23(26(36-20)27(33)29-13-8-14-30(4)5)24(31)17-9-11-21(34-6)22(15-17)35-7/h9-12,15-16H,8,13-14H2,1-7H3,(H,29,33). The van der Waals surface area contributed by atoms with E-state index < -0.39 is 17.1 Å². The van der Waals surface area contributed by atoms with Crippen LogP contribution in [0.4, 0.5) is 0 Å². The molecule has 0 aliphatic heterocycles. The predicted octanol–water partition coefficient (Wildman–Crippen LogP) is 4.02. The van der Waals surface area contributed by atoms with Gasteiger partial charge in [-0.05, 0) is 68.4 Å². The molecule has 0 aliphatic rings. The van der Waals surface area contributed by atoms with Gasteiger partial charge in [-0.2, -0.15) is 0 Å². The number of hydrogen-bond acceptors (Lipinski definition) is 7. The second kappa shape index (κ2) is 11.0. The molecule has 1 heterocycles. The lowest BCUT2D eigenvalue weighted by atomic mass is 9.86. The van der Waals surface area contributed by atoms with Gasteiger partial charge < -0.3 is 24.1 Å². The smallest absolute Gasteiger partial charge is 0.287 e. The number of carbonyl (C=O) groups excluding carboxylic acids is 2. The van der Waals surface area contributed by atoms with Gasteiger partial charge in [-0.1, -0.05) is 26.8 Å². The van der Waals surface area contributed by atoms with E-state index in [1.807, 2.05) is 45.8 Å². The van der Waals surface area contributed by atoms with Gasteiger partial charge in [0.2, 0.25) is 17.0 Å². The number of carbonyl (C=O) groups is 2. The summed E-state index contributed by atoms with van der Waals surface area (Å²) in [6, 6.07) is 9.84. The van der Waals surface area contributed by atoms with Crippen LogP contribution in [0.1, 0.15) is 59.2 Å². The van der Waals surface area contributed by atoms with Crippen LogP contribution in [0.5, 0.6) is 11.5 Å². The van der Waals surface area contributed by atoms with Crippen LogP contribution in [0, 0.1) is 0 Å². The van der Waals surface area contributed by atoms with Gasteiger partial charge >= 0.3 is 0 Å². The van der Waals surface area contributed by atoms with Gasteiger partial charge in [-0.3, -0.25) is 14.4 Å². The normalized spacial score (nSPS) is 11.6. The third-order valence-electron chi connectivity index (χ3n) is 5.90. The number of hydrogen-bond donors (Lipinski definition) is 1. The average Bonchev–Trinajstić information content (AvgIpc) is 2.84. The summed E-state index contributed by atoms with van der Waals surface area (Å²) in [5, 5.41) is 3.02. The second-order valence-electron chi connectivity index (χ2n) is 9.91. The first-order chi connectivity index (χ1) is 17.0. The largest absolute Gasteiger partial charge is 0.493 e. The fraction of sp³-hybridized carbons (Fsp3) is 0.393. The topological polar surface area (TPSA) is 98.1 Å². The van der Waals surface area contributed by atoms with Crippen LogP contribution in [-0.4, -0.2) is 58.0 Å². The molecule has 0 radical (unpaired) electrons. The summed E-state index contributed by atoms with van der Waals surface area (Å²) in [7, 11) is 6.83. The molecule has 0 spiro atoms. The Morgan fingerprint density at radius 2 is 1.69 bits per heavy atom. The molecule has 3 rings (SSSR count). The molecule has 1 amide bonds. The van der Waals surface area contributed by atoms with Crippen molar-refractivity contribution in [3.63, 3.8) is 0 Å². The molecule has 8 nitrogen and oxygen atoms in total. The van der Waals surface area contributed by atoms with Crippen molar-refractivity contribution >= 4 is 22.7 Å². The number of methoxy groups -OCH3 is 2. The van der Waals surface area contributed by atoms with E-state index in [-0.39, 0.29) is 33.3 Å². The number of nitrogens with one attached hydrogen (secondary N) is 1. The summed E-state index contributed by atoms with van der Waals surface area (Å²) in [4.78, 5) is 42.5. The van der Waals surface area contributed by atoms with Crippen molar-refractivity contribution in [3.05, 3.63) is 69.1 Å². The molecule has 0 aliphatic carbocycles. The van der Waals surface area contributed by atoms with E-state index in [1.165, 1.54) is 26.4 Å². The van der Waals surface area contributed by atoms with Crippen LogP contribution in [0.25, 0.3) is 11.0 Å². The molecule has 0 unspecified atom stereocenters. The lowest BCUT2D eigenvalue weighted by molar-refractivity contribution is 0.0912. The van der Waals surface area contributed by atoms with Gasteiger partial charge in [-0.15, -0.1) is 0 Å². The zero-order chi connectivity index (χ0) is 26.6. The molecule has 36 heavy (non-hydrogen) atoms. The molecule has 192 valence electrons. The minimum atomic E-state index is -0.633. The summed E-state index contributed by atoms with van der Waals surface area (Å²) >= 11 is 0. The first-order valence-corrected chi connectivity index (χ1v) is 11.8. The Morgan fingerprint density at radius 1 is 1.00 bits per heavy atom. The van der Waals surface area contributed by atoms with Crippen molar-refractivity contribution in [2.75, 3.05) is 41.4 Å². The zero-order valence-electron chi connectivity index (χ0n) is 22.0. The first kappa shape index (κ1) is 26.9. The van der Waals surface area contributed by atoms with Crippen LogP contribution < -0.4 is 20.2 Å². The van der Waals surface area contributed by atoms with Crippen LogP contribution >= 0.6 is 0 Å². The number of fused-ring (bicyclic) bond motifs is 1. The number of nitrogens with zero attached hydrogens (tertiary/aromatic N) is 1. The predicted molar refractivity (Wildman–Crippen MR) is 140 cm³/mol. The first-order valence-electron chi connectivity index (χ1n) is 11.8. The third-order valence-corrected chi connectivity index (χ3v) is 5.90. The Hall–Kier alpha value is -3.65. The molecule has 0 fully saturated rings.